The predicted molar refractivity (Wildman–Crippen MR) is 55.4 cm³/mol. The fourth-order valence-corrected chi connectivity index (χ4v) is 2.01. The highest BCUT2D eigenvalue weighted by molar-refractivity contribution is 5.92. The maximum atomic E-state index is 12.9. The number of rotatable bonds is 2. The molecule has 3 nitrogen and oxygen atoms in total. The number of halogens is 1. The molecule has 0 spiro atoms. The van der Waals surface area contributed by atoms with Crippen LogP contribution < -0.4 is 5.32 Å². The van der Waals surface area contributed by atoms with E-state index in [0.717, 1.165) is 6.42 Å². The average Bonchev–Trinajstić information content (AvgIpc) is 2.75. The van der Waals surface area contributed by atoms with Crippen molar-refractivity contribution >= 4 is 5.91 Å². The van der Waals surface area contributed by atoms with E-state index in [1.54, 1.807) is 10.6 Å². The van der Waals surface area contributed by atoms with Gasteiger partial charge in [-0.15, -0.1) is 0 Å². The highest BCUT2D eigenvalue weighted by Gasteiger charge is 2.26. The van der Waals surface area contributed by atoms with Crippen LogP contribution in [-0.4, -0.2) is 22.7 Å². The third-order valence-electron chi connectivity index (χ3n) is 2.88. The summed E-state index contributed by atoms with van der Waals surface area (Å²) in [7, 11) is 1.82. The third-order valence-corrected chi connectivity index (χ3v) is 2.88. The Morgan fingerprint density at radius 3 is 2.93 bits per heavy atom. The molecule has 0 bridgehead atoms. The van der Waals surface area contributed by atoms with E-state index in [0.29, 0.717) is 18.5 Å². The Morgan fingerprint density at radius 2 is 2.40 bits per heavy atom. The van der Waals surface area contributed by atoms with Crippen LogP contribution in [0, 0.1) is 0 Å². The Labute approximate surface area is 88.3 Å². The van der Waals surface area contributed by atoms with Crippen molar-refractivity contribution in [1.29, 1.82) is 0 Å². The number of aromatic nitrogens is 1. The van der Waals surface area contributed by atoms with Crippen molar-refractivity contribution in [3.63, 3.8) is 0 Å². The van der Waals surface area contributed by atoms with Gasteiger partial charge in [-0.3, -0.25) is 4.79 Å². The van der Waals surface area contributed by atoms with Crippen molar-refractivity contribution in [3.8, 4) is 0 Å². The molecule has 2 rings (SSSR count). The number of nitrogens with one attached hydrogen (secondary N) is 1. The van der Waals surface area contributed by atoms with E-state index in [-0.39, 0.29) is 11.9 Å². The van der Waals surface area contributed by atoms with Crippen molar-refractivity contribution in [2.45, 2.75) is 31.5 Å². The minimum Gasteiger partial charge on any atom is -0.348 e. The molecular formula is C11H15FN2O. The number of carbonyl (C=O) groups is 1. The zero-order valence-corrected chi connectivity index (χ0v) is 8.74. The van der Waals surface area contributed by atoms with E-state index in [1.807, 2.05) is 19.3 Å². The Bertz CT molecular complexity index is 361. The molecule has 1 saturated carbocycles. The molecular weight excluding hydrogens is 195 g/mol. The van der Waals surface area contributed by atoms with Crippen LogP contribution in [0.4, 0.5) is 4.39 Å². The van der Waals surface area contributed by atoms with Gasteiger partial charge in [0.05, 0.1) is 0 Å². The topological polar surface area (TPSA) is 34.0 Å². The van der Waals surface area contributed by atoms with E-state index in [4.69, 9.17) is 0 Å². The molecule has 1 N–H and O–H groups in total. The van der Waals surface area contributed by atoms with Crippen LogP contribution in [0.1, 0.15) is 29.8 Å². The number of alkyl halides is 1. The van der Waals surface area contributed by atoms with Crippen LogP contribution >= 0.6 is 0 Å². The summed E-state index contributed by atoms with van der Waals surface area (Å²) in [4.78, 5) is 11.7. The van der Waals surface area contributed by atoms with Gasteiger partial charge in [0.25, 0.3) is 5.91 Å². The lowest BCUT2D eigenvalue weighted by Crippen LogP contribution is -2.34. The zero-order chi connectivity index (χ0) is 10.8. The molecule has 1 heterocycles. The van der Waals surface area contributed by atoms with E-state index < -0.39 is 6.17 Å². The molecule has 82 valence electrons. The molecule has 2 atom stereocenters. The van der Waals surface area contributed by atoms with Gasteiger partial charge in [-0.25, -0.2) is 4.39 Å². The first-order chi connectivity index (χ1) is 7.16. The monoisotopic (exact) mass is 210 g/mol. The lowest BCUT2D eigenvalue weighted by Gasteiger charge is -2.12. The molecule has 1 aromatic heterocycles. The Balaban J connectivity index is 1.96. The molecule has 1 aromatic rings. The molecule has 0 aromatic carbocycles. The lowest BCUT2D eigenvalue weighted by molar-refractivity contribution is 0.0928. The molecule has 1 aliphatic carbocycles. The van der Waals surface area contributed by atoms with Gasteiger partial charge in [-0.05, 0) is 31.4 Å². The molecule has 1 aliphatic rings. The molecule has 1 fully saturated rings. The average molecular weight is 210 g/mol. The van der Waals surface area contributed by atoms with Crippen LogP contribution in [0.2, 0.25) is 0 Å². The maximum absolute atomic E-state index is 12.9. The van der Waals surface area contributed by atoms with Crippen LogP contribution in [0.15, 0.2) is 18.3 Å². The summed E-state index contributed by atoms with van der Waals surface area (Å²) in [5, 5.41) is 2.85. The number of hydrogen-bond donors (Lipinski definition) is 1. The van der Waals surface area contributed by atoms with Crippen LogP contribution in [0.25, 0.3) is 0 Å². The van der Waals surface area contributed by atoms with Gasteiger partial charge in [-0.2, -0.15) is 0 Å². The first kappa shape index (κ1) is 10.2. The summed E-state index contributed by atoms with van der Waals surface area (Å²) in [5.41, 5.74) is 0.623. The van der Waals surface area contributed by atoms with Crippen LogP contribution in [-0.2, 0) is 7.05 Å². The molecule has 0 radical (unpaired) electrons. The lowest BCUT2D eigenvalue weighted by atomic mass is 10.2. The summed E-state index contributed by atoms with van der Waals surface area (Å²) >= 11 is 0. The Morgan fingerprint density at radius 1 is 1.60 bits per heavy atom. The Hall–Kier alpha value is -1.32. The highest BCUT2D eigenvalue weighted by Crippen LogP contribution is 2.22. The van der Waals surface area contributed by atoms with E-state index in [1.165, 1.54) is 0 Å². The first-order valence-electron chi connectivity index (χ1n) is 5.23. The van der Waals surface area contributed by atoms with Gasteiger partial charge in [0, 0.05) is 19.3 Å². The quantitative estimate of drug-likeness (QED) is 0.791. The second-order valence-electron chi connectivity index (χ2n) is 4.09. The van der Waals surface area contributed by atoms with Crippen molar-refractivity contribution in [2.24, 2.45) is 7.05 Å². The van der Waals surface area contributed by atoms with Gasteiger partial charge in [0.1, 0.15) is 11.9 Å². The SMILES string of the molecule is Cn1cccc1C(=O)NC1CCC(F)C1. The maximum Gasteiger partial charge on any atom is 0.268 e. The summed E-state index contributed by atoms with van der Waals surface area (Å²) in [6, 6.07) is 3.58. The molecule has 15 heavy (non-hydrogen) atoms. The molecule has 0 aliphatic heterocycles. The molecule has 1 amide bonds. The number of aryl methyl sites for hydroxylation is 1. The second kappa shape index (κ2) is 4.04. The zero-order valence-electron chi connectivity index (χ0n) is 8.74. The summed E-state index contributed by atoms with van der Waals surface area (Å²) in [6.07, 6.45) is 2.84. The van der Waals surface area contributed by atoms with Gasteiger partial charge in [-0.1, -0.05) is 0 Å². The minimum absolute atomic E-state index is 0.00222. The van der Waals surface area contributed by atoms with Gasteiger partial charge in [0.15, 0.2) is 0 Å². The smallest absolute Gasteiger partial charge is 0.268 e. The van der Waals surface area contributed by atoms with Crippen molar-refractivity contribution in [2.75, 3.05) is 0 Å². The first-order valence-corrected chi connectivity index (χ1v) is 5.23. The molecule has 4 heteroatoms. The number of amides is 1. The fourth-order valence-electron chi connectivity index (χ4n) is 2.01. The van der Waals surface area contributed by atoms with Crippen molar-refractivity contribution in [1.82, 2.24) is 9.88 Å². The largest absolute Gasteiger partial charge is 0.348 e. The predicted octanol–water partition coefficient (Wildman–Crippen LogP) is 1.65. The van der Waals surface area contributed by atoms with Crippen molar-refractivity contribution in [3.05, 3.63) is 24.0 Å². The Kier molecular flexibility index (Phi) is 2.75. The summed E-state index contributed by atoms with van der Waals surface area (Å²) < 4.78 is 14.7. The van der Waals surface area contributed by atoms with Crippen LogP contribution in [0.3, 0.4) is 0 Å². The number of carbonyl (C=O) groups excluding carboxylic acids is 1. The summed E-state index contributed by atoms with van der Waals surface area (Å²) in [5.74, 6) is -0.110. The van der Waals surface area contributed by atoms with Gasteiger partial charge < -0.3 is 9.88 Å². The number of nitrogens with zero attached hydrogens (tertiary/aromatic N) is 1. The third kappa shape index (κ3) is 2.19. The van der Waals surface area contributed by atoms with Crippen molar-refractivity contribution < 1.29 is 9.18 Å². The molecule has 2 unspecified atom stereocenters. The van der Waals surface area contributed by atoms with Gasteiger partial charge in [0.2, 0.25) is 0 Å². The highest BCUT2D eigenvalue weighted by atomic mass is 19.1. The second-order valence-corrected chi connectivity index (χ2v) is 4.09. The van der Waals surface area contributed by atoms with E-state index in [2.05, 4.69) is 5.32 Å². The molecule has 0 saturated heterocycles. The number of hydrogen-bond acceptors (Lipinski definition) is 1. The summed E-state index contributed by atoms with van der Waals surface area (Å²) in [6.45, 7) is 0. The fraction of sp³-hybridized carbons (Fsp3) is 0.545. The van der Waals surface area contributed by atoms with Gasteiger partial charge >= 0.3 is 0 Å². The standard InChI is InChI=1S/C11H15FN2O/c1-14-6-2-3-10(14)11(15)13-9-5-4-8(12)7-9/h2-3,6,8-9H,4-5,7H2,1H3,(H,13,15). The van der Waals surface area contributed by atoms with E-state index in [9.17, 15) is 9.18 Å². The minimum atomic E-state index is -0.747. The normalized spacial score (nSPS) is 25.5. The van der Waals surface area contributed by atoms with E-state index >= 15 is 0 Å². The van der Waals surface area contributed by atoms with Crippen LogP contribution in [0.5, 0.6) is 0 Å².